The lowest BCUT2D eigenvalue weighted by molar-refractivity contribution is -0.160. The molecular formula is C9H16O5. The van der Waals surface area contributed by atoms with E-state index in [-0.39, 0.29) is 30.7 Å². The van der Waals surface area contributed by atoms with Gasteiger partial charge in [-0.2, -0.15) is 0 Å². The highest BCUT2D eigenvalue weighted by Gasteiger charge is 2.56. The molecule has 2 heterocycles. The predicted octanol–water partition coefficient (Wildman–Crippen LogP) is -0.214. The van der Waals surface area contributed by atoms with Crippen LogP contribution in [0.5, 0.6) is 0 Å². The fourth-order valence-corrected chi connectivity index (χ4v) is 2.12. The summed E-state index contributed by atoms with van der Waals surface area (Å²) in [5.74, 6) is 0. The van der Waals surface area contributed by atoms with Gasteiger partial charge in [-0.25, -0.2) is 0 Å². The van der Waals surface area contributed by atoms with Gasteiger partial charge in [0.2, 0.25) is 0 Å². The van der Waals surface area contributed by atoms with E-state index in [9.17, 15) is 0 Å². The lowest BCUT2D eigenvalue weighted by Gasteiger charge is -2.30. The van der Waals surface area contributed by atoms with E-state index in [1.807, 2.05) is 0 Å². The van der Waals surface area contributed by atoms with E-state index in [0.717, 1.165) is 0 Å². The van der Waals surface area contributed by atoms with Crippen LogP contribution in [0.4, 0.5) is 0 Å². The molecule has 0 saturated carbocycles. The largest absolute Gasteiger partial charge is 0.382 e. The first-order valence-corrected chi connectivity index (χ1v) is 4.67. The maximum Gasteiger partial charge on any atom is 0.187 e. The van der Waals surface area contributed by atoms with Gasteiger partial charge in [0.05, 0.1) is 6.61 Å². The first-order chi connectivity index (χ1) is 6.81. The van der Waals surface area contributed by atoms with Crippen molar-refractivity contribution in [3.05, 3.63) is 0 Å². The summed E-state index contributed by atoms with van der Waals surface area (Å²) in [6, 6.07) is 0. The van der Waals surface area contributed by atoms with Crippen LogP contribution in [0.3, 0.4) is 0 Å². The van der Waals surface area contributed by atoms with E-state index in [1.54, 1.807) is 21.3 Å². The summed E-state index contributed by atoms with van der Waals surface area (Å²) >= 11 is 0. The van der Waals surface area contributed by atoms with Gasteiger partial charge >= 0.3 is 0 Å². The van der Waals surface area contributed by atoms with Crippen molar-refractivity contribution in [2.45, 2.75) is 30.7 Å². The summed E-state index contributed by atoms with van der Waals surface area (Å²) in [5, 5.41) is 0. The van der Waals surface area contributed by atoms with E-state index in [0.29, 0.717) is 6.61 Å². The van der Waals surface area contributed by atoms with E-state index in [4.69, 9.17) is 23.7 Å². The zero-order chi connectivity index (χ0) is 10.1. The Hall–Kier alpha value is -0.200. The first kappa shape index (κ1) is 10.3. The van der Waals surface area contributed by atoms with Gasteiger partial charge in [0.25, 0.3) is 0 Å². The second kappa shape index (κ2) is 4.12. The molecule has 14 heavy (non-hydrogen) atoms. The van der Waals surface area contributed by atoms with Crippen LogP contribution in [-0.4, -0.2) is 58.6 Å². The maximum atomic E-state index is 5.59. The summed E-state index contributed by atoms with van der Waals surface area (Å²) in [5.41, 5.74) is 0. The van der Waals surface area contributed by atoms with Gasteiger partial charge in [0, 0.05) is 21.3 Å². The Morgan fingerprint density at radius 1 is 1.00 bits per heavy atom. The maximum absolute atomic E-state index is 5.59. The van der Waals surface area contributed by atoms with E-state index < -0.39 is 0 Å². The molecule has 5 heteroatoms. The third-order valence-corrected chi connectivity index (χ3v) is 2.76. The highest BCUT2D eigenvalue weighted by atomic mass is 16.8. The fraction of sp³-hybridized carbons (Fsp3) is 1.00. The molecule has 0 aromatic carbocycles. The van der Waals surface area contributed by atoms with Gasteiger partial charge in [-0.3, -0.25) is 0 Å². The summed E-state index contributed by atoms with van der Waals surface area (Å²) in [4.78, 5) is 0. The number of ether oxygens (including phenoxy) is 5. The van der Waals surface area contributed by atoms with Crippen molar-refractivity contribution < 1.29 is 23.7 Å². The van der Waals surface area contributed by atoms with Crippen LogP contribution >= 0.6 is 0 Å². The van der Waals surface area contributed by atoms with Crippen molar-refractivity contribution in [1.29, 1.82) is 0 Å². The van der Waals surface area contributed by atoms with Gasteiger partial charge in [-0.1, -0.05) is 0 Å². The second-order valence-corrected chi connectivity index (χ2v) is 3.50. The number of methoxy groups -OCH3 is 3. The average molecular weight is 204 g/mol. The second-order valence-electron chi connectivity index (χ2n) is 3.50. The molecule has 0 unspecified atom stereocenters. The SMILES string of the molecule is COC[C@H]1O[C@@H]2O[C@H]1[C@H](OC)[C@H]2OC. The Morgan fingerprint density at radius 3 is 2.29 bits per heavy atom. The fourth-order valence-electron chi connectivity index (χ4n) is 2.12. The number of hydrogen-bond acceptors (Lipinski definition) is 5. The van der Waals surface area contributed by atoms with Crippen LogP contribution in [-0.2, 0) is 23.7 Å². The lowest BCUT2D eigenvalue weighted by atomic mass is 10.0. The minimum absolute atomic E-state index is 0.0404. The van der Waals surface area contributed by atoms with Crippen LogP contribution in [0.15, 0.2) is 0 Å². The van der Waals surface area contributed by atoms with Crippen molar-refractivity contribution in [3.8, 4) is 0 Å². The normalized spacial score (nSPS) is 46.1. The molecule has 2 bridgehead atoms. The average Bonchev–Trinajstić information content (AvgIpc) is 2.73. The molecule has 0 spiro atoms. The van der Waals surface area contributed by atoms with Crippen molar-refractivity contribution in [1.82, 2.24) is 0 Å². The van der Waals surface area contributed by atoms with Gasteiger partial charge in [-0.05, 0) is 0 Å². The summed E-state index contributed by atoms with van der Waals surface area (Å²) in [7, 11) is 4.94. The monoisotopic (exact) mass is 204 g/mol. The topological polar surface area (TPSA) is 46.2 Å². The van der Waals surface area contributed by atoms with Gasteiger partial charge in [0.1, 0.15) is 24.4 Å². The Balaban J connectivity index is 2.02. The van der Waals surface area contributed by atoms with E-state index in [1.165, 1.54) is 0 Å². The van der Waals surface area contributed by atoms with E-state index in [2.05, 4.69) is 0 Å². The molecule has 2 saturated heterocycles. The first-order valence-electron chi connectivity index (χ1n) is 4.67. The van der Waals surface area contributed by atoms with Crippen molar-refractivity contribution in [2.75, 3.05) is 27.9 Å². The molecule has 2 aliphatic heterocycles. The smallest absolute Gasteiger partial charge is 0.187 e. The molecule has 0 aromatic rings. The van der Waals surface area contributed by atoms with Gasteiger partial charge in [-0.15, -0.1) is 0 Å². The van der Waals surface area contributed by atoms with Crippen LogP contribution in [0.2, 0.25) is 0 Å². The van der Waals surface area contributed by atoms with Crippen LogP contribution in [0, 0.1) is 0 Å². The molecule has 0 aliphatic carbocycles. The van der Waals surface area contributed by atoms with Crippen LogP contribution in [0.1, 0.15) is 0 Å². The Kier molecular flexibility index (Phi) is 3.04. The molecule has 5 nitrogen and oxygen atoms in total. The Labute approximate surface area is 83.2 Å². The molecular weight excluding hydrogens is 188 g/mol. The van der Waals surface area contributed by atoms with Crippen molar-refractivity contribution in [3.63, 3.8) is 0 Å². The summed E-state index contributed by atoms with van der Waals surface area (Å²) < 4.78 is 26.8. The van der Waals surface area contributed by atoms with Crippen LogP contribution in [0.25, 0.3) is 0 Å². The zero-order valence-corrected chi connectivity index (χ0v) is 8.64. The number of fused-ring (bicyclic) bond motifs is 2. The minimum atomic E-state index is -0.310. The molecule has 82 valence electrons. The van der Waals surface area contributed by atoms with Crippen molar-refractivity contribution >= 4 is 0 Å². The highest BCUT2D eigenvalue weighted by molar-refractivity contribution is 4.98. The lowest BCUT2D eigenvalue weighted by Crippen LogP contribution is -2.48. The molecule has 2 rings (SSSR count). The quantitative estimate of drug-likeness (QED) is 0.634. The van der Waals surface area contributed by atoms with Crippen molar-refractivity contribution in [2.24, 2.45) is 0 Å². The summed E-state index contributed by atoms with van der Waals surface area (Å²) in [6.07, 6.45) is -0.608. The molecule has 0 radical (unpaired) electrons. The minimum Gasteiger partial charge on any atom is -0.382 e. The third-order valence-electron chi connectivity index (χ3n) is 2.76. The highest BCUT2D eigenvalue weighted by Crippen LogP contribution is 2.36. The molecule has 5 atom stereocenters. The molecule has 2 aliphatic rings. The van der Waals surface area contributed by atoms with Gasteiger partial charge < -0.3 is 23.7 Å². The van der Waals surface area contributed by atoms with E-state index >= 15 is 0 Å². The number of hydrogen-bond donors (Lipinski definition) is 0. The standard InChI is InChI=1S/C9H16O5/c1-10-4-5-6-7(11-2)8(12-3)9(13-5)14-6/h5-9H,4H2,1-3H3/t5-,6-,7+,8-,9-/m1/s1. The third kappa shape index (κ3) is 1.45. The molecule has 0 aromatic heterocycles. The molecule has 2 fully saturated rings. The predicted molar refractivity (Wildman–Crippen MR) is 47.0 cm³/mol. The summed E-state index contributed by atoms with van der Waals surface area (Å²) in [6.45, 7) is 0.525. The number of rotatable bonds is 4. The van der Waals surface area contributed by atoms with Gasteiger partial charge in [0.15, 0.2) is 6.29 Å². The Morgan fingerprint density at radius 2 is 1.71 bits per heavy atom. The Bertz CT molecular complexity index is 196. The molecule has 0 N–H and O–H groups in total. The molecule has 0 amide bonds. The zero-order valence-electron chi connectivity index (χ0n) is 8.64. The van der Waals surface area contributed by atoms with Crippen LogP contribution < -0.4 is 0 Å².